The van der Waals surface area contributed by atoms with Crippen molar-refractivity contribution in [3.63, 3.8) is 0 Å². The predicted molar refractivity (Wildman–Crippen MR) is 66.4 cm³/mol. The topological polar surface area (TPSA) is 92.5 Å². The lowest BCUT2D eigenvalue weighted by Crippen LogP contribution is -2.50. The summed E-state index contributed by atoms with van der Waals surface area (Å²) < 4.78 is 0. The first-order valence-electron chi connectivity index (χ1n) is 6.23. The Bertz CT molecular complexity index is 355. The number of amides is 3. The normalized spacial score (nSPS) is 20.4. The highest BCUT2D eigenvalue weighted by molar-refractivity contribution is 6.06. The number of rotatable bonds is 5. The first-order valence-corrected chi connectivity index (χ1v) is 6.23. The van der Waals surface area contributed by atoms with Crippen LogP contribution in [-0.2, 0) is 14.4 Å². The Morgan fingerprint density at radius 3 is 2.33 bits per heavy atom. The van der Waals surface area contributed by atoms with Gasteiger partial charge in [0, 0.05) is 13.6 Å². The monoisotopic (exact) mass is 255 g/mol. The van der Waals surface area contributed by atoms with Crippen molar-refractivity contribution in [2.24, 2.45) is 11.1 Å². The molecule has 1 heterocycles. The van der Waals surface area contributed by atoms with Crippen LogP contribution in [0.1, 0.15) is 33.1 Å². The molecular weight excluding hydrogens is 234 g/mol. The Morgan fingerprint density at radius 1 is 1.44 bits per heavy atom. The van der Waals surface area contributed by atoms with Gasteiger partial charge in [-0.3, -0.25) is 19.3 Å². The van der Waals surface area contributed by atoms with Gasteiger partial charge in [-0.15, -0.1) is 0 Å². The van der Waals surface area contributed by atoms with Crippen LogP contribution in [0.5, 0.6) is 0 Å². The quantitative estimate of drug-likeness (QED) is 0.655. The Balaban J connectivity index is 2.76. The zero-order chi connectivity index (χ0) is 13.9. The van der Waals surface area contributed by atoms with Crippen molar-refractivity contribution >= 4 is 17.7 Å². The summed E-state index contributed by atoms with van der Waals surface area (Å²) >= 11 is 0. The Kier molecular flexibility index (Phi) is 4.45. The Morgan fingerprint density at radius 2 is 2.00 bits per heavy atom. The molecule has 18 heavy (non-hydrogen) atoms. The molecule has 1 unspecified atom stereocenters. The molecule has 1 saturated heterocycles. The molecule has 1 rings (SSSR count). The molecule has 1 fully saturated rings. The Labute approximate surface area is 107 Å². The second-order valence-corrected chi connectivity index (χ2v) is 4.71. The van der Waals surface area contributed by atoms with Gasteiger partial charge in [-0.1, -0.05) is 13.8 Å². The van der Waals surface area contributed by atoms with E-state index in [1.165, 1.54) is 7.05 Å². The molecule has 0 bridgehead atoms. The molecule has 0 aliphatic carbocycles. The van der Waals surface area contributed by atoms with Gasteiger partial charge in [-0.25, -0.2) is 0 Å². The summed E-state index contributed by atoms with van der Waals surface area (Å²) in [4.78, 5) is 36.3. The van der Waals surface area contributed by atoms with E-state index in [0.717, 1.165) is 4.90 Å². The molecule has 3 amide bonds. The van der Waals surface area contributed by atoms with Crippen LogP contribution in [0.15, 0.2) is 0 Å². The molecular formula is C12H21N3O3. The van der Waals surface area contributed by atoms with E-state index in [4.69, 9.17) is 5.73 Å². The fraction of sp³-hybridized carbons (Fsp3) is 0.750. The van der Waals surface area contributed by atoms with E-state index in [1.54, 1.807) is 0 Å². The summed E-state index contributed by atoms with van der Waals surface area (Å²) in [7, 11) is 1.42. The summed E-state index contributed by atoms with van der Waals surface area (Å²) in [5, 5.41) is 2.65. The van der Waals surface area contributed by atoms with E-state index >= 15 is 0 Å². The molecule has 0 aromatic heterocycles. The number of likely N-dealkylation sites (tertiary alicyclic amines) is 1. The first-order chi connectivity index (χ1) is 8.41. The summed E-state index contributed by atoms with van der Waals surface area (Å²) in [6.45, 7) is 4.02. The lowest BCUT2D eigenvalue weighted by atomic mass is 9.81. The van der Waals surface area contributed by atoms with Crippen molar-refractivity contribution in [3.05, 3.63) is 0 Å². The SMILES string of the molecule is CCC(CC)(CN)C(=O)NC1CC(=O)N(C)C1=O. The minimum absolute atomic E-state index is 0.0369. The molecule has 0 aromatic rings. The van der Waals surface area contributed by atoms with Crippen molar-refractivity contribution in [2.75, 3.05) is 13.6 Å². The van der Waals surface area contributed by atoms with Crippen LogP contribution in [0.25, 0.3) is 0 Å². The average molecular weight is 255 g/mol. The van der Waals surface area contributed by atoms with Crippen LogP contribution in [0, 0.1) is 5.41 Å². The van der Waals surface area contributed by atoms with Crippen LogP contribution >= 0.6 is 0 Å². The minimum atomic E-state index is -0.737. The van der Waals surface area contributed by atoms with Crippen LogP contribution < -0.4 is 11.1 Å². The summed E-state index contributed by atoms with van der Waals surface area (Å²) in [5.41, 5.74) is 5.02. The van der Waals surface area contributed by atoms with E-state index in [-0.39, 0.29) is 30.7 Å². The van der Waals surface area contributed by atoms with Gasteiger partial charge in [0.15, 0.2) is 0 Å². The third-order valence-corrected chi connectivity index (χ3v) is 3.91. The summed E-state index contributed by atoms with van der Waals surface area (Å²) in [6.07, 6.45) is 1.25. The van der Waals surface area contributed by atoms with Crippen molar-refractivity contribution < 1.29 is 14.4 Å². The van der Waals surface area contributed by atoms with Gasteiger partial charge in [0.1, 0.15) is 6.04 Å². The number of nitrogens with zero attached hydrogens (tertiary/aromatic N) is 1. The number of nitrogens with two attached hydrogens (primary N) is 1. The predicted octanol–water partition coefficient (Wildman–Crippen LogP) is -0.375. The molecule has 1 aliphatic heterocycles. The van der Waals surface area contributed by atoms with Gasteiger partial charge >= 0.3 is 0 Å². The van der Waals surface area contributed by atoms with Crippen LogP contribution in [-0.4, -0.2) is 42.3 Å². The van der Waals surface area contributed by atoms with Gasteiger partial charge in [-0.05, 0) is 12.8 Å². The second kappa shape index (κ2) is 5.48. The standard InChI is InChI=1S/C12H21N3O3/c1-4-12(5-2,7-13)11(18)14-8-6-9(16)15(3)10(8)17/h8H,4-7,13H2,1-3H3,(H,14,18). The maximum absolute atomic E-state index is 12.2. The number of hydrogen-bond donors (Lipinski definition) is 2. The molecule has 0 spiro atoms. The van der Waals surface area contributed by atoms with Gasteiger partial charge < -0.3 is 11.1 Å². The van der Waals surface area contributed by atoms with E-state index in [9.17, 15) is 14.4 Å². The van der Waals surface area contributed by atoms with E-state index < -0.39 is 11.5 Å². The molecule has 0 saturated carbocycles. The number of hydrogen-bond acceptors (Lipinski definition) is 4. The average Bonchev–Trinajstić information content (AvgIpc) is 2.60. The Hall–Kier alpha value is -1.43. The number of carbonyl (C=O) groups is 3. The lowest BCUT2D eigenvalue weighted by molar-refractivity contribution is -0.139. The minimum Gasteiger partial charge on any atom is -0.343 e. The molecule has 1 aliphatic rings. The molecule has 6 nitrogen and oxygen atoms in total. The molecule has 6 heteroatoms. The highest BCUT2D eigenvalue weighted by Gasteiger charge is 2.41. The van der Waals surface area contributed by atoms with Crippen molar-refractivity contribution in [3.8, 4) is 0 Å². The van der Waals surface area contributed by atoms with Crippen LogP contribution in [0.3, 0.4) is 0 Å². The molecule has 1 atom stereocenters. The van der Waals surface area contributed by atoms with Gasteiger partial charge in [0.05, 0.1) is 11.8 Å². The van der Waals surface area contributed by atoms with Gasteiger partial charge in [0.2, 0.25) is 11.8 Å². The first kappa shape index (κ1) is 14.6. The molecule has 0 radical (unpaired) electrons. The van der Waals surface area contributed by atoms with Crippen molar-refractivity contribution in [1.82, 2.24) is 10.2 Å². The number of nitrogens with one attached hydrogen (secondary N) is 1. The van der Waals surface area contributed by atoms with Crippen molar-refractivity contribution in [1.29, 1.82) is 0 Å². The fourth-order valence-corrected chi connectivity index (χ4v) is 2.13. The fourth-order valence-electron chi connectivity index (χ4n) is 2.13. The molecule has 102 valence electrons. The van der Waals surface area contributed by atoms with Crippen LogP contribution in [0.4, 0.5) is 0 Å². The van der Waals surface area contributed by atoms with E-state index in [2.05, 4.69) is 5.32 Å². The largest absolute Gasteiger partial charge is 0.343 e. The van der Waals surface area contributed by atoms with Crippen molar-refractivity contribution in [2.45, 2.75) is 39.2 Å². The summed E-state index contributed by atoms with van der Waals surface area (Å²) in [6, 6.07) is -0.737. The van der Waals surface area contributed by atoms with E-state index in [0.29, 0.717) is 12.8 Å². The lowest BCUT2D eigenvalue weighted by Gasteiger charge is -2.29. The third-order valence-electron chi connectivity index (χ3n) is 3.91. The molecule has 3 N–H and O–H groups in total. The van der Waals surface area contributed by atoms with Gasteiger partial charge in [0.25, 0.3) is 5.91 Å². The highest BCUT2D eigenvalue weighted by atomic mass is 16.2. The molecule has 0 aromatic carbocycles. The van der Waals surface area contributed by atoms with Gasteiger partial charge in [-0.2, -0.15) is 0 Å². The number of carbonyl (C=O) groups excluding carboxylic acids is 3. The third kappa shape index (κ3) is 2.38. The second-order valence-electron chi connectivity index (χ2n) is 4.71. The maximum Gasteiger partial charge on any atom is 0.252 e. The van der Waals surface area contributed by atoms with Crippen LogP contribution in [0.2, 0.25) is 0 Å². The highest BCUT2D eigenvalue weighted by Crippen LogP contribution is 2.26. The number of likely N-dealkylation sites (N-methyl/N-ethyl adjacent to an activating group) is 1. The number of imide groups is 1. The van der Waals surface area contributed by atoms with E-state index in [1.807, 2.05) is 13.8 Å². The zero-order valence-corrected chi connectivity index (χ0v) is 11.2. The summed E-state index contributed by atoms with van der Waals surface area (Å²) in [5.74, 6) is -0.862. The maximum atomic E-state index is 12.2. The smallest absolute Gasteiger partial charge is 0.252 e. The zero-order valence-electron chi connectivity index (χ0n) is 11.2.